The van der Waals surface area contributed by atoms with Crippen molar-refractivity contribution in [2.75, 3.05) is 0 Å². The number of ether oxygens (including phenoxy) is 6. The average molecular weight is 500 g/mol. The van der Waals surface area contributed by atoms with E-state index >= 15 is 0 Å². The zero-order valence-corrected chi connectivity index (χ0v) is 20.2. The highest BCUT2D eigenvalue weighted by atomic mass is 16.6. The van der Waals surface area contributed by atoms with Gasteiger partial charge in [-0.3, -0.25) is 24.0 Å². The van der Waals surface area contributed by atoms with Crippen molar-refractivity contribution in [3.8, 4) is 28.7 Å². The summed E-state index contributed by atoms with van der Waals surface area (Å²) in [6.45, 7) is 6.04. The minimum absolute atomic E-state index is 0.0102. The van der Waals surface area contributed by atoms with Gasteiger partial charge < -0.3 is 28.4 Å². The summed E-state index contributed by atoms with van der Waals surface area (Å²) in [6.07, 6.45) is -1.72. The number of esters is 5. The molecule has 0 bridgehead atoms. The molecule has 0 spiro atoms. The summed E-state index contributed by atoms with van der Waals surface area (Å²) in [6, 6.07) is 7.21. The number of carbonyl (C=O) groups is 5. The molecule has 1 aliphatic rings. The van der Waals surface area contributed by atoms with Gasteiger partial charge in [-0.05, 0) is 12.1 Å². The minimum Gasteiger partial charge on any atom is -0.481 e. The van der Waals surface area contributed by atoms with Crippen LogP contribution in [0.3, 0.4) is 0 Å². The van der Waals surface area contributed by atoms with E-state index in [0.717, 1.165) is 0 Å². The summed E-state index contributed by atoms with van der Waals surface area (Å²) < 4.78 is 32.4. The molecule has 11 heteroatoms. The Hall–Kier alpha value is -4.41. The van der Waals surface area contributed by atoms with Gasteiger partial charge in [0.1, 0.15) is 23.4 Å². The normalized spacial score (nSPS) is 16.0. The SMILES string of the molecule is CC(=O)Oc1cc(OC(C)=O)c2c(c1)OC(c1ccc(OC(C)=O)c(OC(C)=O)c1)[C@@H](OC(C)=O)C2. The summed E-state index contributed by atoms with van der Waals surface area (Å²) in [5.41, 5.74) is 0.839. The van der Waals surface area contributed by atoms with E-state index < -0.39 is 42.1 Å². The van der Waals surface area contributed by atoms with Crippen LogP contribution in [0, 0.1) is 0 Å². The van der Waals surface area contributed by atoms with E-state index in [1.807, 2.05) is 0 Å². The molecule has 2 aromatic rings. The quantitative estimate of drug-likeness (QED) is 0.427. The Kier molecular flexibility index (Phi) is 7.93. The first-order valence-electron chi connectivity index (χ1n) is 10.8. The molecule has 11 nitrogen and oxygen atoms in total. The van der Waals surface area contributed by atoms with Crippen LogP contribution in [-0.2, 0) is 35.1 Å². The first kappa shape index (κ1) is 26.2. The van der Waals surface area contributed by atoms with Crippen LogP contribution in [-0.4, -0.2) is 36.0 Å². The van der Waals surface area contributed by atoms with Crippen LogP contribution < -0.4 is 23.7 Å². The van der Waals surface area contributed by atoms with Gasteiger partial charge in [0.25, 0.3) is 0 Å². The molecule has 0 saturated carbocycles. The van der Waals surface area contributed by atoms with E-state index in [4.69, 9.17) is 28.4 Å². The average Bonchev–Trinajstić information content (AvgIpc) is 2.73. The molecule has 2 aromatic carbocycles. The summed E-state index contributed by atoms with van der Waals surface area (Å²) >= 11 is 0. The summed E-state index contributed by atoms with van der Waals surface area (Å²) in [5, 5.41) is 0. The molecule has 3 rings (SSSR count). The minimum atomic E-state index is -0.917. The van der Waals surface area contributed by atoms with Crippen LogP contribution in [0.2, 0.25) is 0 Å². The summed E-state index contributed by atoms with van der Waals surface area (Å²) in [4.78, 5) is 58.1. The van der Waals surface area contributed by atoms with Gasteiger partial charge in [-0.25, -0.2) is 0 Å². The Labute approximate surface area is 206 Å². The second kappa shape index (κ2) is 10.9. The number of hydrogen-bond acceptors (Lipinski definition) is 11. The number of benzene rings is 2. The first-order chi connectivity index (χ1) is 16.9. The highest BCUT2D eigenvalue weighted by Gasteiger charge is 2.37. The van der Waals surface area contributed by atoms with Crippen LogP contribution in [0.25, 0.3) is 0 Å². The van der Waals surface area contributed by atoms with Crippen molar-refractivity contribution in [2.45, 2.75) is 53.2 Å². The number of rotatable bonds is 6. The van der Waals surface area contributed by atoms with E-state index in [2.05, 4.69) is 0 Å². The molecule has 2 atom stereocenters. The maximum absolute atomic E-state index is 11.9. The number of hydrogen-bond donors (Lipinski definition) is 0. The lowest BCUT2D eigenvalue weighted by atomic mass is 9.93. The highest BCUT2D eigenvalue weighted by molar-refractivity contribution is 5.74. The molecule has 1 unspecified atom stereocenters. The van der Waals surface area contributed by atoms with Gasteiger partial charge in [0, 0.05) is 64.3 Å². The Morgan fingerprint density at radius 1 is 0.694 bits per heavy atom. The molecule has 0 radical (unpaired) electrons. The standard InChI is InChI=1S/C25H24O11/c1-12(26)31-18-9-21(33-14(3)28)19-11-24(35-16(5)30)25(36-22(19)10-18)17-6-7-20(32-13(2)27)23(8-17)34-15(4)29/h6-10,24-25H,11H2,1-5H3/t24-,25?/m0/s1. The fraction of sp³-hybridized carbons (Fsp3) is 0.320. The third-order valence-electron chi connectivity index (χ3n) is 4.77. The second-order valence-electron chi connectivity index (χ2n) is 7.87. The molecule has 0 N–H and O–H groups in total. The molecule has 0 saturated heterocycles. The van der Waals surface area contributed by atoms with Gasteiger partial charge in [-0.2, -0.15) is 0 Å². The van der Waals surface area contributed by atoms with Gasteiger partial charge >= 0.3 is 29.8 Å². The smallest absolute Gasteiger partial charge is 0.308 e. The molecule has 1 heterocycles. The fourth-order valence-corrected chi connectivity index (χ4v) is 3.67. The van der Waals surface area contributed by atoms with E-state index in [1.54, 1.807) is 6.07 Å². The van der Waals surface area contributed by atoms with Gasteiger partial charge in [-0.1, -0.05) is 6.07 Å². The zero-order chi connectivity index (χ0) is 26.6. The summed E-state index contributed by atoms with van der Waals surface area (Å²) in [7, 11) is 0. The predicted molar refractivity (Wildman–Crippen MR) is 121 cm³/mol. The van der Waals surface area contributed by atoms with E-state index in [9.17, 15) is 24.0 Å². The van der Waals surface area contributed by atoms with Crippen LogP contribution in [0.5, 0.6) is 28.7 Å². The Morgan fingerprint density at radius 3 is 1.86 bits per heavy atom. The molecule has 0 fully saturated rings. The monoisotopic (exact) mass is 500 g/mol. The maximum Gasteiger partial charge on any atom is 0.308 e. The predicted octanol–water partition coefficient (Wildman–Crippen LogP) is 3.00. The molecular weight excluding hydrogens is 476 g/mol. The Morgan fingerprint density at radius 2 is 1.28 bits per heavy atom. The van der Waals surface area contributed by atoms with Crippen molar-refractivity contribution in [1.82, 2.24) is 0 Å². The van der Waals surface area contributed by atoms with Crippen molar-refractivity contribution >= 4 is 29.8 Å². The lowest BCUT2D eigenvalue weighted by Crippen LogP contribution is -2.34. The Bertz CT molecular complexity index is 1230. The van der Waals surface area contributed by atoms with Gasteiger partial charge in [0.2, 0.25) is 0 Å². The third-order valence-corrected chi connectivity index (χ3v) is 4.77. The maximum atomic E-state index is 11.9. The summed E-state index contributed by atoms with van der Waals surface area (Å²) in [5.74, 6) is -2.72. The van der Waals surface area contributed by atoms with Gasteiger partial charge in [-0.15, -0.1) is 0 Å². The van der Waals surface area contributed by atoms with Crippen molar-refractivity contribution in [2.24, 2.45) is 0 Å². The molecule has 36 heavy (non-hydrogen) atoms. The highest BCUT2D eigenvalue weighted by Crippen LogP contribution is 2.45. The zero-order valence-electron chi connectivity index (χ0n) is 20.2. The number of carbonyl (C=O) groups excluding carboxylic acids is 5. The van der Waals surface area contributed by atoms with Crippen LogP contribution in [0.4, 0.5) is 0 Å². The van der Waals surface area contributed by atoms with E-state index in [1.165, 1.54) is 58.9 Å². The molecule has 0 aromatic heterocycles. The van der Waals surface area contributed by atoms with Gasteiger partial charge in [0.05, 0.1) is 0 Å². The van der Waals surface area contributed by atoms with E-state index in [-0.39, 0.29) is 35.2 Å². The lowest BCUT2D eigenvalue weighted by Gasteiger charge is -2.34. The largest absolute Gasteiger partial charge is 0.481 e. The van der Waals surface area contributed by atoms with E-state index in [0.29, 0.717) is 11.1 Å². The molecular formula is C25H24O11. The second-order valence-corrected chi connectivity index (χ2v) is 7.87. The fourth-order valence-electron chi connectivity index (χ4n) is 3.67. The first-order valence-corrected chi connectivity index (χ1v) is 10.8. The van der Waals surface area contributed by atoms with Crippen molar-refractivity contribution in [3.05, 3.63) is 41.5 Å². The molecule has 190 valence electrons. The Balaban J connectivity index is 2.11. The number of fused-ring (bicyclic) bond motifs is 1. The van der Waals surface area contributed by atoms with Gasteiger partial charge in [0.15, 0.2) is 17.6 Å². The van der Waals surface area contributed by atoms with Crippen molar-refractivity contribution in [3.63, 3.8) is 0 Å². The van der Waals surface area contributed by atoms with Crippen LogP contribution in [0.15, 0.2) is 30.3 Å². The van der Waals surface area contributed by atoms with Crippen LogP contribution >= 0.6 is 0 Å². The molecule has 0 aliphatic carbocycles. The third kappa shape index (κ3) is 6.59. The molecule has 0 amide bonds. The van der Waals surface area contributed by atoms with Crippen LogP contribution in [0.1, 0.15) is 51.8 Å². The lowest BCUT2D eigenvalue weighted by molar-refractivity contribution is -0.152. The van der Waals surface area contributed by atoms with Crippen molar-refractivity contribution < 1.29 is 52.4 Å². The van der Waals surface area contributed by atoms with Crippen molar-refractivity contribution in [1.29, 1.82) is 0 Å². The molecule has 1 aliphatic heterocycles. The topological polar surface area (TPSA) is 141 Å².